The zero-order chi connectivity index (χ0) is 105. The number of fused-ring (bicyclic) bond motifs is 21. The first-order valence-electron chi connectivity index (χ1n) is 55.1. The molecule has 0 N–H and O–H groups in total. The lowest BCUT2D eigenvalue weighted by Crippen LogP contribution is -2.45. The zero-order valence-electron chi connectivity index (χ0n) is 96.4. The van der Waals surface area contributed by atoms with Crippen molar-refractivity contribution < 1.29 is 33.2 Å². The second-order valence-electron chi connectivity index (χ2n) is 54.2. The van der Waals surface area contributed by atoms with Crippen LogP contribution in [0.3, 0.4) is 0 Å². The van der Waals surface area contributed by atoms with Gasteiger partial charge < -0.3 is 33.2 Å². The molecule has 0 radical (unpaired) electrons. The highest BCUT2D eigenvalue weighted by atomic mass is 16.5. The predicted molar refractivity (Wildman–Crippen MR) is 620 cm³/mol. The first-order chi connectivity index (χ1) is 67.5. The molecule has 0 amide bonds. The summed E-state index contributed by atoms with van der Waals surface area (Å²) in [5, 5.41) is 19.3. The fraction of sp³-hybridized carbons (Fsp3) is 0.493. The normalized spacial score (nSPS) is 19.0. The van der Waals surface area contributed by atoms with Crippen molar-refractivity contribution in [2.45, 2.75) is 436 Å². The van der Waals surface area contributed by atoms with E-state index in [1.165, 1.54) is 255 Å². The van der Waals surface area contributed by atoms with E-state index in [4.69, 9.17) is 33.2 Å². The molecule has 9 aliphatic rings. The molecule has 2 aliphatic carbocycles. The number of ether oxygens (including phenoxy) is 7. The summed E-state index contributed by atoms with van der Waals surface area (Å²) in [5.41, 5.74) is 29.8. The Hall–Kier alpha value is -10.5. The molecule has 2 spiro atoms. The van der Waals surface area contributed by atoms with Gasteiger partial charge in [-0.05, 0) is 294 Å². The third-order valence-corrected chi connectivity index (χ3v) is 34.9. The molecule has 7 aliphatic heterocycles. The van der Waals surface area contributed by atoms with Gasteiger partial charge in [0.25, 0.3) is 0 Å². The van der Waals surface area contributed by atoms with Crippen LogP contribution in [0, 0.1) is 48.5 Å². The molecule has 3 atom stereocenters. The molecule has 0 saturated heterocycles. The lowest BCUT2D eigenvalue weighted by atomic mass is 9.68. The van der Waals surface area contributed by atoms with E-state index in [2.05, 4.69) is 440 Å². The molecule has 14 aromatic carbocycles. The monoisotopic (exact) mass is 1940 g/mol. The Morgan fingerprint density at radius 2 is 0.566 bits per heavy atom. The minimum Gasteiger partial charge on any atom is -0.493 e. The summed E-state index contributed by atoms with van der Waals surface area (Å²) in [6.07, 6.45) is 14.7. The Labute approximate surface area is 872 Å². The largest absolute Gasteiger partial charge is 0.493 e. The second-order valence-corrected chi connectivity index (χ2v) is 54.2. The van der Waals surface area contributed by atoms with E-state index < -0.39 is 0 Å². The van der Waals surface area contributed by atoms with Crippen LogP contribution in [-0.4, -0.2) is 41.2 Å². The van der Waals surface area contributed by atoms with E-state index in [0.29, 0.717) is 12.0 Å². The fourth-order valence-electron chi connectivity index (χ4n) is 27.9. The van der Waals surface area contributed by atoms with Crippen LogP contribution in [0.1, 0.15) is 396 Å². The van der Waals surface area contributed by atoms with Crippen LogP contribution in [0.4, 0.5) is 0 Å². The molecule has 3 unspecified atom stereocenters. The van der Waals surface area contributed by atoms with E-state index in [-0.39, 0.29) is 77.2 Å². The summed E-state index contributed by atoms with van der Waals surface area (Å²) in [5.74, 6) is 8.58. The van der Waals surface area contributed by atoms with Crippen LogP contribution < -0.4 is 33.2 Å². The smallest absolute Gasteiger partial charge is 0.128 e. The van der Waals surface area contributed by atoms with Crippen molar-refractivity contribution in [3.8, 4) is 40.2 Å². The standard InChI is InChI=1S/C23H30O.C21H26O.C21H28O.2C19H24O.C18H22O.C17H20O/c1-15-16-11-7-8-12-17(16)19-20(18(15)21(2,3)4)24-23(22(19,5)6)13-9-10-14-23;1-14-15-9-5-6-10-16(15)17-13-21(11-7-8-12-21)22-19(17)18(14)20(2,3)4;1-13-14-11-9-10-12-15(14)17-18(16(13)19(2,3)4)22-21(7,8)20(17,5)6;1-12-13-9-7-8-10-14(13)15-11-19(5,6)20-17(15)16(12)18(2,3)4;1-11-13(3)20-18-16(11)15-10-8-7-9-14(15)12(2)17(18)19(4,5)6;1-11-10-15-14-9-7-6-8-13(14)12(2)16(17(15)19-11)18(3,4)5;1-11-12-7-5-6-8-13(12)14-9-10-18-16(14)15(11)17(2,3)4/h7-8,11-12H,9-10,13-14H2,1-6H3;5-6,9-10H,7-8,11-13H2,1-4H3;9-12H,1-8H3;7-10H,11H2,1-6H3;7-11,13H,1-6H3;6-9,11H,10H2,1-5H3;5-8H,9-10H2,1-4H3. The van der Waals surface area contributed by atoms with Crippen molar-refractivity contribution in [2.75, 3.05) is 6.61 Å². The SMILES string of the molecule is Cc1c(C(C)(C)C)c2c(c3ccccc13)C(C)(C)C(C)(C)O2.Cc1c(C(C)(C)C)c2c(c3ccccc13)C(C)(C)C1(CCCC1)O2.Cc1c(C(C)(C)C)c2c(c3ccccc13)C(C)C(C)O2.Cc1c(C(C)(C)C)c2c(c3ccccc13)CC(C)(C)O2.Cc1c(C(C)(C)C)c2c(c3ccccc13)CC(C)O2.Cc1c(C(C)(C)C)c2c(c3ccccc13)CC1(CCCC1)O2.Cc1c(C(C)(C)C)c2c(c3ccccc13)CCO2. The number of aryl methyl sites for hydroxylation is 7. The van der Waals surface area contributed by atoms with Gasteiger partial charge in [-0.2, -0.15) is 0 Å². The summed E-state index contributed by atoms with van der Waals surface area (Å²) in [6, 6.07) is 61.5. The van der Waals surface area contributed by atoms with Gasteiger partial charge in [-0.25, -0.2) is 0 Å². The fourth-order valence-corrected chi connectivity index (χ4v) is 27.9. The molecule has 0 bridgehead atoms. The molecule has 2 fully saturated rings. The minimum absolute atomic E-state index is 0.00804. The number of hydrogen-bond donors (Lipinski definition) is 0. The van der Waals surface area contributed by atoms with Crippen molar-refractivity contribution in [3.05, 3.63) is 287 Å². The van der Waals surface area contributed by atoms with Crippen molar-refractivity contribution in [2.24, 2.45) is 0 Å². The highest BCUT2D eigenvalue weighted by Crippen LogP contribution is 2.63. The van der Waals surface area contributed by atoms with Crippen LogP contribution in [0.25, 0.3) is 75.4 Å². The highest BCUT2D eigenvalue weighted by Gasteiger charge is 2.58. The first-order valence-corrected chi connectivity index (χ1v) is 55.1. The lowest BCUT2D eigenvalue weighted by molar-refractivity contribution is 0.0379. The first kappa shape index (κ1) is 106. The van der Waals surface area contributed by atoms with Gasteiger partial charge in [0.1, 0.15) is 74.9 Å². The van der Waals surface area contributed by atoms with Crippen molar-refractivity contribution >= 4 is 75.4 Å². The van der Waals surface area contributed by atoms with Crippen LogP contribution in [0.15, 0.2) is 170 Å². The van der Waals surface area contributed by atoms with Crippen LogP contribution in [0.2, 0.25) is 0 Å². The number of benzene rings is 14. The van der Waals surface area contributed by atoms with Gasteiger partial charge >= 0.3 is 0 Å². The third-order valence-electron chi connectivity index (χ3n) is 34.9. The molecule has 145 heavy (non-hydrogen) atoms. The van der Waals surface area contributed by atoms with E-state index in [9.17, 15) is 0 Å². The topological polar surface area (TPSA) is 64.6 Å². The quantitative estimate of drug-likeness (QED) is 0.150. The van der Waals surface area contributed by atoms with Gasteiger partial charge in [0.2, 0.25) is 0 Å². The van der Waals surface area contributed by atoms with E-state index in [0.717, 1.165) is 61.0 Å². The van der Waals surface area contributed by atoms with Gasteiger partial charge in [-0.15, -0.1) is 0 Å². The lowest BCUT2D eigenvalue weighted by Gasteiger charge is -2.37. The van der Waals surface area contributed by atoms with Crippen LogP contribution in [0.5, 0.6) is 40.2 Å². The summed E-state index contributed by atoms with van der Waals surface area (Å²) in [6.45, 7) is 89.5. The zero-order valence-corrected chi connectivity index (χ0v) is 96.4. The van der Waals surface area contributed by atoms with Crippen LogP contribution >= 0.6 is 0 Å². The Kier molecular flexibility index (Phi) is 27.3. The Morgan fingerprint density at radius 1 is 0.269 bits per heavy atom. The summed E-state index contributed by atoms with van der Waals surface area (Å²) in [7, 11) is 0. The minimum atomic E-state index is -0.202. The number of hydrogen-bond acceptors (Lipinski definition) is 7. The molecule has 23 rings (SSSR count). The van der Waals surface area contributed by atoms with E-state index in [1.807, 2.05) is 0 Å². The maximum Gasteiger partial charge on any atom is 0.128 e. The summed E-state index contributed by atoms with van der Waals surface area (Å²) in [4.78, 5) is 0. The maximum absolute atomic E-state index is 6.92. The molecule has 7 heterocycles. The van der Waals surface area contributed by atoms with Gasteiger partial charge in [0, 0.05) is 120 Å². The van der Waals surface area contributed by atoms with E-state index in [1.54, 1.807) is 0 Å². The van der Waals surface area contributed by atoms with Crippen LogP contribution in [-0.2, 0) is 74.4 Å². The molecule has 7 heteroatoms. The summed E-state index contributed by atoms with van der Waals surface area (Å²) >= 11 is 0. The average Bonchev–Trinajstić information content (AvgIpc) is 1.49. The van der Waals surface area contributed by atoms with Crippen molar-refractivity contribution in [1.29, 1.82) is 0 Å². The van der Waals surface area contributed by atoms with Gasteiger partial charge in [-0.1, -0.05) is 350 Å². The highest BCUT2D eigenvalue weighted by molar-refractivity contribution is 6.00. The molecule has 0 aromatic heterocycles. The average molecular weight is 1940 g/mol. The second kappa shape index (κ2) is 37.4. The summed E-state index contributed by atoms with van der Waals surface area (Å²) < 4.78 is 44.9. The Balaban J connectivity index is 0.000000116. The number of rotatable bonds is 0. The molecule has 14 aromatic rings. The van der Waals surface area contributed by atoms with Crippen molar-refractivity contribution in [1.82, 2.24) is 0 Å². The van der Waals surface area contributed by atoms with Gasteiger partial charge in [0.15, 0.2) is 0 Å². The van der Waals surface area contributed by atoms with Gasteiger partial charge in [-0.3, -0.25) is 0 Å². The third kappa shape index (κ3) is 18.6. The molecule has 2 saturated carbocycles. The molecule has 768 valence electrons. The van der Waals surface area contributed by atoms with Crippen molar-refractivity contribution in [3.63, 3.8) is 0 Å². The predicted octanol–water partition coefficient (Wildman–Crippen LogP) is 37.7. The Bertz CT molecular complexity index is 7410. The molecule has 7 nitrogen and oxygen atoms in total. The molecular weight excluding hydrogens is 1770 g/mol. The Morgan fingerprint density at radius 3 is 0.966 bits per heavy atom. The maximum atomic E-state index is 6.92. The van der Waals surface area contributed by atoms with Gasteiger partial charge in [0.05, 0.1) is 6.61 Å². The van der Waals surface area contributed by atoms with E-state index >= 15 is 0 Å². The molecular formula is C138H174O7.